The van der Waals surface area contributed by atoms with Gasteiger partial charge in [-0.2, -0.15) is 0 Å². The van der Waals surface area contributed by atoms with Gasteiger partial charge in [0.05, 0.1) is 31.9 Å². The van der Waals surface area contributed by atoms with E-state index in [0.29, 0.717) is 55.5 Å². The van der Waals surface area contributed by atoms with Gasteiger partial charge < -0.3 is 24.2 Å². The molecule has 8 heteroatoms. The molecule has 1 unspecified atom stereocenters. The summed E-state index contributed by atoms with van der Waals surface area (Å²) < 4.78 is 16.3. The topological polar surface area (TPSA) is 88.5 Å². The van der Waals surface area contributed by atoms with Gasteiger partial charge >= 0.3 is 0 Å². The number of nitrogens with zero attached hydrogens (tertiary/aromatic N) is 2. The van der Waals surface area contributed by atoms with E-state index < -0.39 is 17.7 Å². The minimum absolute atomic E-state index is 0.0583. The van der Waals surface area contributed by atoms with E-state index in [1.54, 1.807) is 54.5 Å². The molecule has 0 radical (unpaired) electrons. The largest absolute Gasteiger partial charge is 0.507 e. The Morgan fingerprint density at radius 3 is 2.54 bits per heavy atom. The number of benzene rings is 2. The standard InChI is InChI=1S/C27H30N2O6/c1-3-15-35-22-6-4-5-20(18-22)24-23(25(30)19-7-9-21(33-2)10-8-19)26(31)27(32)29(24)12-11-28-13-16-34-17-14-28/h3-10,18,24,30H,1,11-17H2,2H3/b25-23-. The van der Waals surface area contributed by atoms with Crippen LogP contribution in [0.25, 0.3) is 5.76 Å². The smallest absolute Gasteiger partial charge is 0.295 e. The van der Waals surface area contributed by atoms with Crippen LogP contribution in [-0.2, 0) is 14.3 Å². The summed E-state index contributed by atoms with van der Waals surface area (Å²) in [4.78, 5) is 30.2. The van der Waals surface area contributed by atoms with E-state index in [2.05, 4.69) is 11.5 Å². The van der Waals surface area contributed by atoms with Crippen LogP contribution in [0.1, 0.15) is 17.2 Å². The van der Waals surface area contributed by atoms with Gasteiger partial charge in [0, 0.05) is 31.7 Å². The van der Waals surface area contributed by atoms with E-state index in [4.69, 9.17) is 14.2 Å². The van der Waals surface area contributed by atoms with Gasteiger partial charge in [0.2, 0.25) is 0 Å². The summed E-state index contributed by atoms with van der Waals surface area (Å²) in [5.41, 5.74) is 1.17. The molecule has 2 aliphatic heterocycles. The first-order valence-corrected chi connectivity index (χ1v) is 11.6. The number of likely N-dealkylation sites (tertiary alicyclic amines) is 1. The Morgan fingerprint density at radius 1 is 1.11 bits per heavy atom. The number of rotatable bonds is 9. The molecule has 2 aromatic carbocycles. The highest BCUT2D eigenvalue weighted by molar-refractivity contribution is 6.46. The van der Waals surface area contributed by atoms with Gasteiger partial charge in [-0.15, -0.1) is 0 Å². The van der Waals surface area contributed by atoms with Crippen LogP contribution in [-0.4, -0.2) is 79.7 Å². The zero-order valence-electron chi connectivity index (χ0n) is 19.8. The van der Waals surface area contributed by atoms with Crippen molar-refractivity contribution in [1.82, 2.24) is 9.80 Å². The lowest BCUT2D eigenvalue weighted by atomic mass is 9.95. The molecule has 8 nitrogen and oxygen atoms in total. The van der Waals surface area contributed by atoms with Crippen LogP contribution in [0.2, 0.25) is 0 Å². The molecule has 1 amide bonds. The quantitative estimate of drug-likeness (QED) is 0.257. The molecule has 0 spiro atoms. The van der Waals surface area contributed by atoms with Crippen LogP contribution in [0.5, 0.6) is 11.5 Å². The van der Waals surface area contributed by atoms with Gasteiger partial charge in [-0.25, -0.2) is 0 Å². The second-order valence-corrected chi connectivity index (χ2v) is 8.35. The van der Waals surface area contributed by atoms with Crippen LogP contribution in [0.15, 0.2) is 66.8 Å². The summed E-state index contributed by atoms with van der Waals surface area (Å²) in [5, 5.41) is 11.2. The molecule has 1 N–H and O–H groups in total. The Morgan fingerprint density at radius 2 is 1.86 bits per heavy atom. The molecule has 35 heavy (non-hydrogen) atoms. The molecule has 1 atom stereocenters. The van der Waals surface area contributed by atoms with Gasteiger partial charge in [-0.3, -0.25) is 14.5 Å². The Hall–Kier alpha value is -3.62. The van der Waals surface area contributed by atoms with Gasteiger partial charge in [-0.05, 0) is 42.0 Å². The number of hydrogen-bond acceptors (Lipinski definition) is 7. The average molecular weight is 479 g/mol. The zero-order chi connectivity index (χ0) is 24.8. The second kappa shape index (κ2) is 11.2. The van der Waals surface area contributed by atoms with Crippen LogP contribution in [0, 0.1) is 0 Å². The van der Waals surface area contributed by atoms with Crippen molar-refractivity contribution in [2.45, 2.75) is 6.04 Å². The third-order valence-electron chi connectivity index (χ3n) is 6.21. The Bertz CT molecular complexity index is 1100. The highest BCUT2D eigenvalue weighted by Gasteiger charge is 2.46. The minimum Gasteiger partial charge on any atom is -0.507 e. The summed E-state index contributed by atoms with van der Waals surface area (Å²) in [5.74, 6) is -0.345. The fourth-order valence-electron chi connectivity index (χ4n) is 4.37. The molecular weight excluding hydrogens is 448 g/mol. The molecule has 2 aliphatic rings. The lowest BCUT2D eigenvalue weighted by Crippen LogP contribution is -2.42. The number of ketones is 1. The predicted octanol–water partition coefficient (Wildman–Crippen LogP) is 3.01. The molecule has 2 aromatic rings. The summed E-state index contributed by atoms with van der Waals surface area (Å²) in [7, 11) is 1.55. The summed E-state index contributed by atoms with van der Waals surface area (Å²) >= 11 is 0. The number of ether oxygens (including phenoxy) is 3. The number of aliphatic hydroxyl groups is 1. The van der Waals surface area contributed by atoms with Gasteiger partial charge in [0.25, 0.3) is 11.7 Å². The number of methoxy groups -OCH3 is 1. The molecular formula is C27H30N2O6. The van der Waals surface area contributed by atoms with Crippen molar-refractivity contribution in [1.29, 1.82) is 0 Å². The molecule has 184 valence electrons. The van der Waals surface area contributed by atoms with Crippen molar-refractivity contribution in [2.75, 3.05) is 53.1 Å². The Labute approximate surface area is 205 Å². The first-order valence-electron chi connectivity index (χ1n) is 11.6. The van der Waals surface area contributed by atoms with Crippen molar-refractivity contribution in [3.8, 4) is 11.5 Å². The van der Waals surface area contributed by atoms with Crippen LogP contribution >= 0.6 is 0 Å². The van der Waals surface area contributed by atoms with E-state index in [1.807, 2.05) is 12.1 Å². The highest BCUT2D eigenvalue weighted by atomic mass is 16.5. The maximum Gasteiger partial charge on any atom is 0.295 e. The monoisotopic (exact) mass is 478 g/mol. The molecule has 0 aromatic heterocycles. The fourth-order valence-corrected chi connectivity index (χ4v) is 4.37. The van der Waals surface area contributed by atoms with Crippen LogP contribution < -0.4 is 9.47 Å². The number of morpholine rings is 1. The van der Waals surface area contributed by atoms with Gasteiger partial charge in [-0.1, -0.05) is 24.8 Å². The van der Waals surface area contributed by atoms with Crippen molar-refractivity contribution in [3.05, 3.63) is 77.9 Å². The molecule has 2 fully saturated rings. The Balaban J connectivity index is 1.73. The molecule has 2 heterocycles. The second-order valence-electron chi connectivity index (χ2n) is 8.35. The summed E-state index contributed by atoms with van der Waals surface area (Å²) in [6.07, 6.45) is 1.64. The van der Waals surface area contributed by atoms with E-state index >= 15 is 0 Å². The summed E-state index contributed by atoms with van der Waals surface area (Å²) in [6, 6.07) is 13.2. The number of aliphatic hydroxyl groups excluding tert-OH is 1. The number of Topliss-reactive ketones (excluding diaryl/α,β-unsaturated/α-hetero) is 1. The van der Waals surface area contributed by atoms with E-state index in [0.717, 1.165) is 13.1 Å². The van der Waals surface area contributed by atoms with Crippen LogP contribution in [0.3, 0.4) is 0 Å². The fraction of sp³-hybridized carbons (Fsp3) is 0.333. The lowest BCUT2D eigenvalue weighted by molar-refractivity contribution is -0.140. The lowest BCUT2D eigenvalue weighted by Gasteiger charge is -2.31. The molecule has 4 rings (SSSR count). The van der Waals surface area contributed by atoms with Crippen LogP contribution in [0.4, 0.5) is 0 Å². The third-order valence-corrected chi connectivity index (χ3v) is 6.21. The third kappa shape index (κ3) is 5.39. The summed E-state index contributed by atoms with van der Waals surface area (Å²) in [6.45, 7) is 7.76. The maximum absolute atomic E-state index is 13.2. The first-order chi connectivity index (χ1) is 17.0. The van der Waals surface area contributed by atoms with Crippen molar-refractivity contribution >= 4 is 17.4 Å². The zero-order valence-corrected chi connectivity index (χ0v) is 19.8. The van der Waals surface area contributed by atoms with Crippen molar-refractivity contribution in [3.63, 3.8) is 0 Å². The SMILES string of the molecule is C=CCOc1cccc(C2/C(=C(/O)c3ccc(OC)cc3)C(=O)C(=O)N2CCN2CCOCC2)c1. The first kappa shape index (κ1) is 24.5. The highest BCUT2D eigenvalue weighted by Crippen LogP contribution is 2.40. The van der Waals surface area contributed by atoms with Crippen molar-refractivity contribution in [2.24, 2.45) is 0 Å². The normalized spacial score (nSPS) is 20.1. The number of hydrogen-bond donors (Lipinski definition) is 1. The van der Waals surface area contributed by atoms with Crippen molar-refractivity contribution < 1.29 is 28.9 Å². The Kier molecular flexibility index (Phi) is 7.84. The maximum atomic E-state index is 13.2. The van der Waals surface area contributed by atoms with E-state index in [-0.39, 0.29) is 11.3 Å². The van der Waals surface area contributed by atoms with Gasteiger partial charge in [0.1, 0.15) is 23.9 Å². The van der Waals surface area contributed by atoms with E-state index in [1.165, 1.54) is 0 Å². The number of amides is 1. The molecule has 0 saturated carbocycles. The molecule has 0 aliphatic carbocycles. The minimum atomic E-state index is -0.745. The average Bonchev–Trinajstić information content (AvgIpc) is 3.16. The predicted molar refractivity (Wildman–Crippen MR) is 131 cm³/mol. The van der Waals surface area contributed by atoms with Gasteiger partial charge in [0.15, 0.2) is 0 Å². The molecule has 2 saturated heterocycles. The number of carbonyl (C=O) groups excluding carboxylic acids is 2. The molecule has 0 bridgehead atoms. The number of carbonyl (C=O) groups is 2. The van der Waals surface area contributed by atoms with E-state index in [9.17, 15) is 14.7 Å².